The van der Waals surface area contributed by atoms with Crippen LogP contribution in [-0.2, 0) is 0 Å². The van der Waals surface area contributed by atoms with Gasteiger partial charge < -0.3 is 4.90 Å². The van der Waals surface area contributed by atoms with E-state index >= 15 is 0 Å². The molecule has 0 unspecified atom stereocenters. The summed E-state index contributed by atoms with van der Waals surface area (Å²) in [5.74, 6) is 0. The number of benzene rings is 4. The second-order valence-corrected chi connectivity index (χ2v) is 8.74. The van der Waals surface area contributed by atoms with Crippen LogP contribution in [0.5, 0.6) is 0 Å². The zero-order valence-electron chi connectivity index (χ0n) is 19.7. The SMILES string of the molecule is Cc1cccc(N(c2cccc(C)c2)c2ccc(C=Cc3ccc(C)c(C)c3)cc2C)c1. The van der Waals surface area contributed by atoms with Crippen LogP contribution < -0.4 is 4.90 Å². The lowest BCUT2D eigenvalue weighted by atomic mass is 10.0. The van der Waals surface area contributed by atoms with Gasteiger partial charge in [0.05, 0.1) is 0 Å². The van der Waals surface area contributed by atoms with E-state index in [9.17, 15) is 0 Å². The van der Waals surface area contributed by atoms with Gasteiger partial charge in [-0.25, -0.2) is 0 Å². The van der Waals surface area contributed by atoms with E-state index in [2.05, 4.69) is 137 Å². The lowest BCUT2D eigenvalue weighted by molar-refractivity contribution is 1.23. The highest BCUT2D eigenvalue weighted by Crippen LogP contribution is 2.37. The van der Waals surface area contributed by atoms with Gasteiger partial charge in [-0.2, -0.15) is 0 Å². The van der Waals surface area contributed by atoms with Crippen molar-refractivity contribution >= 4 is 29.2 Å². The molecule has 0 radical (unpaired) electrons. The van der Waals surface area contributed by atoms with Crippen molar-refractivity contribution in [1.82, 2.24) is 0 Å². The molecule has 4 rings (SSSR count). The van der Waals surface area contributed by atoms with Gasteiger partial charge in [-0.3, -0.25) is 0 Å². The fourth-order valence-corrected chi connectivity index (χ4v) is 4.06. The topological polar surface area (TPSA) is 3.24 Å². The highest BCUT2D eigenvalue weighted by Gasteiger charge is 2.15. The number of aryl methyl sites for hydroxylation is 5. The maximum atomic E-state index is 2.35. The molecular formula is C31H31N. The molecule has 4 aromatic carbocycles. The molecule has 1 nitrogen and oxygen atoms in total. The molecule has 0 saturated carbocycles. The number of hydrogen-bond donors (Lipinski definition) is 0. The Hall–Kier alpha value is -3.58. The number of anilines is 3. The van der Waals surface area contributed by atoms with Crippen molar-refractivity contribution in [3.05, 3.63) is 124 Å². The Morgan fingerprint density at radius 1 is 0.500 bits per heavy atom. The van der Waals surface area contributed by atoms with Crippen LogP contribution in [0.2, 0.25) is 0 Å². The molecule has 1 heteroatoms. The quantitative estimate of drug-likeness (QED) is 0.293. The number of hydrogen-bond acceptors (Lipinski definition) is 1. The summed E-state index contributed by atoms with van der Waals surface area (Å²) in [5.41, 5.74) is 12.4. The van der Waals surface area contributed by atoms with Gasteiger partial charge in [0, 0.05) is 17.1 Å². The summed E-state index contributed by atoms with van der Waals surface area (Å²) in [6.45, 7) is 10.8. The maximum absolute atomic E-state index is 2.35. The Labute approximate surface area is 192 Å². The van der Waals surface area contributed by atoms with Crippen LogP contribution >= 0.6 is 0 Å². The van der Waals surface area contributed by atoms with Gasteiger partial charge >= 0.3 is 0 Å². The first-order chi connectivity index (χ1) is 15.4. The molecule has 0 bridgehead atoms. The van der Waals surface area contributed by atoms with Gasteiger partial charge in [-0.15, -0.1) is 0 Å². The first kappa shape index (κ1) is 21.6. The highest BCUT2D eigenvalue weighted by molar-refractivity contribution is 5.80. The molecule has 0 atom stereocenters. The molecule has 0 aliphatic heterocycles. The normalized spacial score (nSPS) is 11.2. The maximum Gasteiger partial charge on any atom is 0.0491 e. The molecule has 0 aromatic heterocycles. The van der Waals surface area contributed by atoms with Crippen LogP contribution in [0.3, 0.4) is 0 Å². The lowest BCUT2D eigenvalue weighted by Crippen LogP contribution is -2.11. The second-order valence-electron chi connectivity index (χ2n) is 8.74. The largest absolute Gasteiger partial charge is 0.310 e. The molecular weight excluding hydrogens is 386 g/mol. The third-order valence-electron chi connectivity index (χ3n) is 5.98. The van der Waals surface area contributed by atoms with Gasteiger partial charge in [-0.1, -0.05) is 60.7 Å². The Morgan fingerprint density at radius 3 is 1.53 bits per heavy atom. The Morgan fingerprint density at radius 2 is 1.03 bits per heavy atom. The van der Waals surface area contributed by atoms with E-state index in [0.717, 1.165) is 0 Å². The molecule has 0 saturated heterocycles. The Balaban J connectivity index is 1.72. The smallest absolute Gasteiger partial charge is 0.0491 e. The molecule has 0 N–H and O–H groups in total. The van der Waals surface area contributed by atoms with Crippen molar-refractivity contribution in [2.75, 3.05) is 4.90 Å². The summed E-state index contributed by atoms with van der Waals surface area (Å²) in [4.78, 5) is 2.35. The average Bonchev–Trinajstić information content (AvgIpc) is 2.76. The molecule has 4 aromatic rings. The van der Waals surface area contributed by atoms with E-state index < -0.39 is 0 Å². The molecule has 160 valence electrons. The fourth-order valence-electron chi connectivity index (χ4n) is 4.06. The van der Waals surface area contributed by atoms with Gasteiger partial charge in [0.2, 0.25) is 0 Å². The van der Waals surface area contributed by atoms with Crippen molar-refractivity contribution in [3.63, 3.8) is 0 Å². The summed E-state index contributed by atoms with van der Waals surface area (Å²) in [6.07, 6.45) is 4.39. The van der Waals surface area contributed by atoms with Crippen molar-refractivity contribution in [2.24, 2.45) is 0 Å². The molecule has 0 fully saturated rings. The standard InChI is InChI=1S/C31H31N/c1-22-8-6-10-29(18-22)32(30-11-7-9-23(2)19-30)31-17-16-28(21-26(31)5)15-14-27-13-12-24(3)25(4)20-27/h6-21H,1-5H3. The summed E-state index contributed by atoms with van der Waals surface area (Å²) in [7, 11) is 0. The van der Waals surface area contributed by atoms with Crippen LogP contribution in [-0.4, -0.2) is 0 Å². The zero-order valence-corrected chi connectivity index (χ0v) is 19.7. The third kappa shape index (κ3) is 4.84. The van der Waals surface area contributed by atoms with Crippen LogP contribution in [0.25, 0.3) is 12.2 Å². The van der Waals surface area contributed by atoms with E-state index in [1.165, 1.54) is 56.0 Å². The van der Waals surface area contributed by atoms with Gasteiger partial charge in [-0.05, 0) is 110 Å². The predicted molar refractivity (Wildman–Crippen MR) is 140 cm³/mol. The minimum Gasteiger partial charge on any atom is -0.310 e. The predicted octanol–water partition coefficient (Wildman–Crippen LogP) is 8.87. The summed E-state index contributed by atoms with van der Waals surface area (Å²) < 4.78 is 0. The van der Waals surface area contributed by atoms with Crippen molar-refractivity contribution in [3.8, 4) is 0 Å². The van der Waals surface area contributed by atoms with E-state index in [-0.39, 0.29) is 0 Å². The molecule has 0 amide bonds. The minimum atomic E-state index is 1.18. The summed E-state index contributed by atoms with van der Waals surface area (Å²) in [6, 6.07) is 30.7. The third-order valence-corrected chi connectivity index (χ3v) is 5.98. The lowest BCUT2D eigenvalue weighted by Gasteiger charge is -2.28. The zero-order chi connectivity index (χ0) is 22.7. The summed E-state index contributed by atoms with van der Waals surface area (Å²) in [5, 5.41) is 0. The van der Waals surface area contributed by atoms with Gasteiger partial charge in [0.25, 0.3) is 0 Å². The van der Waals surface area contributed by atoms with Gasteiger partial charge in [0.1, 0.15) is 0 Å². The van der Waals surface area contributed by atoms with Crippen molar-refractivity contribution < 1.29 is 0 Å². The Bertz CT molecular complexity index is 1230. The minimum absolute atomic E-state index is 1.18. The van der Waals surface area contributed by atoms with Crippen LogP contribution in [0.15, 0.2) is 84.9 Å². The molecule has 32 heavy (non-hydrogen) atoms. The number of nitrogens with zero attached hydrogens (tertiary/aromatic N) is 1. The highest BCUT2D eigenvalue weighted by atomic mass is 15.1. The first-order valence-electron chi connectivity index (χ1n) is 11.2. The molecule has 0 aliphatic carbocycles. The average molecular weight is 418 g/mol. The van der Waals surface area contributed by atoms with Gasteiger partial charge in [0.15, 0.2) is 0 Å². The van der Waals surface area contributed by atoms with Crippen LogP contribution in [0, 0.1) is 34.6 Å². The van der Waals surface area contributed by atoms with Crippen molar-refractivity contribution in [2.45, 2.75) is 34.6 Å². The molecule has 0 aliphatic rings. The second kappa shape index (κ2) is 9.28. The van der Waals surface area contributed by atoms with E-state index in [4.69, 9.17) is 0 Å². The molecule has 0 spiro atoms. The van der Waals surface area contributed by atoms with Crippen molar-refractivity contribution in [1.29, 1.82) is 0 Å². The van der Waals surface area contributed by atoms with Crippen LogP contribution in [0.1, 0.15) is 38.9 Å². The monoisotopic (exact) mass is 417 g/mol. The van der Waals surface area contributed by atoms with E-state index in [0.29, 0.717) is 0 Å². The van der Waals surface area contributed by atoms with E-state index in [1.54, 1.807) is 0 Å². The van der Waals surface area contributed by atoms with E-state index in [1.807, 2.05) is 0 Å². The van der Waals surface area contributed by atoms with Crippen LogP contribution in [0.4, 0.5) is 17.1 Å². The molecule has 0 heterocycles. The Kier molecular flexibility index (Phi) is 6.28. The fraction of sp³-hybridized carbons (Fsp3) is 0.161. The number of rotatable bonds is 5. The first-order valence-corrected chi connectivity index (χ1v) is 11.2. The summed E-state index contributed by atoms with van der Waals surface area (Å²) >= 11 is 0.